The van der Waals surface area contributed by atoms with Crippen LogP contribution in [0.3, 0.4) is 0 Å². The van der Waals surface area contributed by atoms with Crippen molar-refractivity contribution in [3.05, 3.63) is 82.1 Å². The molecule has 0 saturated carbocycles. The molecule has 0 bridgehead atoms. The molecule has 0 unspecified atom stereocenters. The first-order valence-corrected chi connectivity index (χ1v) is 12.3. The smallest absolute Gasteiger partial charge is 0.283 e. The van der Waals surface area contributed by atoms with Crippen LogP contribution in [0.15, 0.2) is 76.7 Å². The Kier molecular flexibility index (Phi) is 6.58. The summed E-state index contributed by atoms with van der Waals surface area (Å²) in [5, 5.41) is 4.54. The summed E-state index contributed by atoms with van der Waals surface area (Å²) in [5.74, 6) is 0.770. The van der Waals surface area contributed by atoms with Crippen molar-refractivity contribution in [2.24, 2.45) is 0 Å². The van der Waals surface area contributed by atoms with Crippen molar-refractivity contribution in [3.63, 3.8) is 0 Å². The SMILES string of the molecule is COc1ccc(-n2c(SCC(=O)Nc3cccc(Cl)c3)nc3c([nH]c4ccccc43)c2=O)cc1OC. The van der Waals surface area contributed by atoms with E-state index >= 15 is 0 Å². The van der Waals surface area contributed by atoms with Crippen LogP contribution in [0.1, 0.15) is 0 Å². The molecule has 5 rings (SSSR count). The van der Waals surface area contributed by atoms with Crippen molar-refractivity contribution in [2.75, 3.05) is 25.3 Å². The molecule has 182 valence electrons. The maximum atomic E-state index is 13.7. The van der Waals surface area contributed by atoms with Crippen LogP contribution in [0.25, 0.3) is 27.6 Å². The minimum absolute atomic E-state index is 0.0279. The number of methoxy groups -OCH3 is 2. The van der Waals surface area contributed by atoms with Gasteiger partial charge in [-0.05, 0) is 36.4 Å². The fourth-order valence-electron chi connectivity index (χ4n) is 3.92. The molecule has 0 aliphatic heterocycles. The number of nitrogens with one attached hydrogen (secondary N) is 2. The number of thioether (sulfide) groups is 1. The van der Waals surface area contributed by atoms with Gasteiger partial charge in [0, 0.05) is 27.7 Å². The molecule has 0 aliphatic carbocycles. The Morgan fingerprint density at radius 2 is 1.86 bits per heavy atom. The minimum atomic E-state index is -0.291. The van der Waals surface area contributed by atoms with Gasteiger partial charge in [0.05, 0.1) is 25.7 Å². The lowest BCUT2D eigenvalue weighted by molar-refractivity contribution is -0.113. The molecule has 3 aromatic carbocycles. The molecule has 10 heteroatoms. The number of H-pyrrole nitrogens is 1. The number of aromatic amines is 1. The molecule has 2 N–H and O–H groups in total. The number of ether oxygens (including phenoxy) is 2. The second-order valence-electron chi connectivity index (χ2n) is 7.82. The normalized spacial score (nSPS) is 11.1. The fraction of sp³-hybridized carbons (Fsp3) is 0.115. The van der Waals surface area contributed by atoms with Crippen LogP contribution >= 0.6 is 23.4 Å². The van der Waals surface area contributed by atoms with Crippen molar-refractivity contribution in [1.82, 2.24) is 14.5 Å². The van der Waals surface area contributed by atoms with Crippen LogP contribution in [-0.4, -0.2) is 40.4 Å². The molecule has 5 aromatic rings. The van der Waals surface area contributed by atoms with Crippen LogP contribution in [0.4, 0.5) is 5.69 Å². The highest BCUT2D eigenvalue weighted by atomic mass is 35.5. The number of amides is 1. The van der Waals surface area contributed by atoms with Gasteiger partial charge in [-0.2, -0.15) is 0 Å². The van der Waals surface area contributed by atoms with Crippen molar-refractivity contribution < 1.29 is 14.3 Å². The zero-order valence-electron chi connectivity index (χ0n) is 19.4. The zero-order valence-corrected chi connectivity index (χ0v) is 20.9. The molecule has 36 heavy (non-hydrogen) atoms. The molecule has 0 aliphatic rings. The highest BCUT2D eigenvalue weighted by Gasteiger charge is 2.19. The maximum absolute atomic E-state index is 13.7. The number of nitrogens with zero attached hydrogens (tertiary/aromatic N) is 2. The lowest BCUT2D eigenvalue weighted by atomic mass is 10.2. The average molecular weight is 521 g/mol. The molecule has 0 spiro atoms. The van der Waals surface area contributed by atoms with Gasteiger partial charge in [-0.25, -0.2) is 4.98 Å². The number of halogens is 1. The van der Waals surface area contributed by atoms with Crippen LogP contribution in [-0.2, 0) is 4.79 Å². The molecule has 8 nitrogen and oxygen atoms in total. The lowest BCUT2D eigenvalue weighted by Gasteiger charge is -2.14. The Morgan fingerprint density at radius 1 is 1.06 bits per heavy atom. The summed E-state index contributed by atoms with van der Waals surface area (Å²) in [7, 11) is 3.07. The maximum Gasteiger partial charge on any atom is 0.283 e. The van der Waals surface area contributed by atoms with E-state index < -0.39 is 0 Å². The third-order valence-electron chi connectivity index (χ3n) is 5.56. The van der Waals surface area contributed by atoms with E-state index in [0.717, 1.165) is 22.7 Å². The van der Waals surface area contributed by atoms with E-state index in [9.17, 15) is 9.59 Å². The monoisotopic (exact) mass is 520 g/mol. The van der Waals surface area contributed by atoms with Crippen molar-refractivity contribution in [3.8, 4) is 17.2 Å². The molecule has 2 aromatic heterocycles. The van der Waals surface area contributed by atoms with Gasteiger partial charge in [-0.1, -0.05) is 47.6 Å². The number of aromatic nitrogens is 3. The van der Waals surface area contributed by atoms with E-state index in [-0.39, 0.29) is 17.2 Å². The lowest BCUT2D eigenvalue weighted by Crippen LogP contribution is -2.23. The molecule has 0 radical (unpaired) electrons. The van der Waals surface area contributed by atoms with Crippen LogP contribution in [0.2, 0.25) is 5.02 Å². The fourth-order valence-corrected chi connectivity index (χ4v) is 4.92. The Morgan fingerprint density at radius 3 is 2.64 bits per heavy atom. The largest absolute Gasteiger partial charge is 0.493 e. The standard InChI is InChI=1S/C26H21ClN4O4S/c1-34-20-11-10-17(13-21(20)35-2)31-25(33)24-23(18-8-3-4-9-19(18)29-24)30-26(31)36-14-22(32)28-16-7-5-6-15(27)12-16/h3-13,29H,14H2,1-2H3,(H,28,32). The van der Waals surface area contributed by atoms with Crippen molar-refractivity contribution in [2.45, 2.75) is 5.16 Å². The number of rotatable bonds is 7. The number of para-hydroxylation sites is 1. The van der Waals surface area contributed by atoms with Gasteiger partial charge in [0.15, 0.2) is 16.7 Å². The van der Waals surface area contributed by atoms with E-state index in [1.807, 2.05) is 24.3 Å². The minimum Gasteiger partial charge on any atom is -0.493 e. The zero-order chi connectivity index (χ0) is 25.2. The Hall–Kier alpha value is -3.95. The Labute approximate surface area is 215 Å². The van der Waals surface area contributed by atoms with Gasteiger partial charge in [-0.15, -0.1) is 0 Å². The predicted molar refractivity (Wildman–Crippen MR) is 143 cm³/mol. The van der Waals surface area contributed by atoms with Gasteiger partial charge in [0.25, 0.3) is 5.56 Å². The van der Waals surface area contributed by atoms with Gasteiger partial charge in [0.2, 0.25) is 5.91 Å². The van der Waals surface area contributed by atoms with E-state index in [0.29, 0.717) is 44.1 Å². The van der Waals surface area contributed by atoms with Crippen molar-refractivity contribution >= 4 is 56.9 Å². The molecular weight excluding hydrogens is 500 g/mol. The number of anilines is 1. The van der Waals surface area contributed by atoms with Crippen molar-refractivity contribution in [1.29, 1.82) is 0 Å². The molecule has 0 atom stereocenters. The van der Waals surface area contributed by atoms with Gasteiger partial charge < -0.3 is 19.8 Å². The number of benzene rings is 3. The quantitative estimate of drug-likeness (QED) is 0.224. The molecule has 0 saturated heterocycles. The van der Waals surface area contributed by atoms with E-state index in [1.54, 1.807) is 49.6 Å². The first-order chi connectivity index (χ1) is 17.5. The summed E-state index contributed by atoms with van der Waals surface area (Å²) < 4.78 is 12.2. The second kappa shape index (κ2) is 9.96. The number of carbonyl (C=O) groups excluding carboxylic acids is 1. The summed E-state index contributed by atoms with van der Waals surface area (Å²) in [5.41, 5.74) is 2.55. The third kappa shape index (κ3) is 4.50. The number of fused-ring (bicyclic) bond motifs is 3. The summed E-state index contributed by atoms with van der Waals surface area (Å²) in [6.45, 7) is 0. The summed E-state index contributed by atoms with van der Waals surface area (Å²) >= 11 is 7.18. The highest BCUT2D eigenvalue weighted by molar-refractivity contribution is 7.99. The first kappa shape index (κ1) is 23.8. The predicted octanol–water partition coefficient (Wildman–Crippen LogP) is 5.27. The summed E-state index contributed by atoms with van der Waals surface area (Å²) in [6, 6.07) is 19.6. The molecule has 2 heterocycles. The third-order valence-corrected chi connectivity index (χ3v) is 6.73. The number of carbonyl (C=O) groups is 1. The molecular formula is C26H21ClN4O4S. The molecule has 1 amide bonds. The van der Waals surface area contributed by atoms with E-state index in [2.05, 4.69) is 10.3 Å². The van der Waals surface area contributed by atoms with Crippen LogP contribution in [0.5, 0.6) is 11.5 Å². The Balaban J connectivity index is 1.59. The number of hydrogen-bond donors (Lipinski definition) is 2. The average Bonchev–Trinajstić information content (AvgIpc) is 3.26. The Bertz CT molecular complexity index is 1660. The second-order valence-corrected chi connectivity index (χ2v) is 9.19. The summed E-state index contributed by atoms with van der Waals surface area (Å²) in [4.78, 5) is 34.4. The first-order valence-electron chi connectivity index (χ1n) is 10.9. The van der Waals surface area contributed by atoms with Gasteiger partial charge in [0.1, 0.15) is 11.0 Å². The summed E-state index contributed by atoms with van der Waals surface area (Å²) in [6.07, 6.45) is 0. The van der Waals surface area contributed by atoms with Crippen LogP contribution < -0.4 is 20.3 Å². The van der Waals surface area contributed by atoms with E-state index in [1.165, 1.54) is 11.7 Å². The molecule has 0 fully saturated rings. The topological polar surface area (TPSA) is 98.2 Å². The highest BCUT2D eigenvalue weighted by Crippen LogP contribution is 2.31. The van der Waals surface area contributed by atoms with Crippen LogP contribution in [0, 0.1) is 0 Å². The van der Waals surface area contributed by atoms with E-state index in [4.69, 9.17) is 26.1 Å². The van der Waals surface area contributed by atoms with Gasteiger partial charge >= 0.3 is 0 Å². The van der Waals surface area contributed by atoms with Gasteiger partial charge in [-0.3, -0.25) is 14.2 Å². The number of hydrogen-bond acceptors (Lipinski definition) is 6.